The number of hydrogen-bond donors (Lipinski definition) is 2. The van der Waals surface area contributed by atoms with Gasteiger partial charge in [0, 0.05) is 10.9 Å². The van der Waals surface area contributed by atoms with Gasteiger partial charge in [-0.3, -0.25) is 19.5 Å². The molecule has 0 fully saturated rings. The molecule has 3 heterocycles. The maximum atomic E-state index is 13.4. The summed E-state index contributed by atoms with van der Waals surface area (Å²) >= 11 is 2.36. The van der Waals surface area contributed by atoms with Gasteiger partial charge in [-0.1, -0.05) is 30.0 Å². The molecular weight excluding hydrogens is 412 g/mol. The number of imide groups is 1. The van der Waals surface area contributed by atoms with E-state index in [-0.39, 0.29) is 11.3 Å². The first-order chi connectivity index (χ1) is 14.0. The van der Waals surface area contributed by atoms with Crippen LogP contribution in [0.4, 0.5) is 4.79 Å². The quantitative estimate of drug-likeness (QED) is 0.374. The number of rotatable bonds is 5. The summed E-state index contributed by atoms with van der Waals surface area (Å²) in [6.07, 6.45) is 1.55. The van der Waals surface area contributed by atoms with Crippen LogP contribution in [-0.4, -0.2) is 27.2 Å². The SMILES string of the molecule is NC(=O)NC(=O)CSc1nc2scc(-c3ccco3)c2c(=O)n1-c1ccccc1. The van der Waals surface area contributed by atoms with E-state index < -0.39 is 11.9 Å². The predicted octanol–water partition coefficient (Wildman–Crippen LogP) is 2.99. The largest absolute Gasteiger partial charge is 0.464 e. The number of furan rings is 1. The zero-order valence-corrected chi connectivity index (χ0v) is 16.5. The first-order valence-electron chi connectivity index (χ1n) is 8.40. The van der Waals surface area contributed by atoms with Crippen LogP contribution in [0.2, 0.25) is 0 Å². The molecule has 4 aromatic rings. The Labute approximate surface area is 172 Å². The number of thioether (sulfide) groups is 1. The fourth-order valence-corrected chi connectivity index (χ4v) is 4.57. The molecular formula is C19H14N4O4S2. The second-order valence-corrected chi connectivity index (χ2v) is 7.68. The number of aromatic nitrogens is 2. The van der Waals surface area contributed by atoms with E-state index in [9.17, 15) is 14.4 Å². The summed E-state index contributed by atoms with van der Waals surface area (Å²) < 4.78 is 6.91. The molecule has 4 rings (SSSR count). The first kappa shape index (κ1) is 19.0. The van der Waals surface area contributed by atoms with Gasteiger partial charge in [-0.2, -0.15) is 0 Å². The summed E-state index contributed by atoms with van der Waals surface area (Å²) in [4.78, 5) is 41.3. The third kappa shape index (κ3) is 3.80. The van der Waals surface area contributed by atoms with Gasteiger partial charge in [0.25, 0.3) is 5.56 Å². The molecule has 0 aliphatic rings. The van der Waals surface area contributed by atoms with Crippen LogP contribution in [0.5, 0.6) is 0 Å². The molecule has 0 spiro atoms. The lowest BCUT2D eigenvalue weighted by atomic mass is 10.2. The minimum absolute atomic E-state index is 0.121. The average Bonchev–Trinajstić information content (AvgIpc) is 3.36. The fourth-order valence-electron chi connectivity index (χ4n) is 2.79. The minimum Gasteiger partial charge on any atom is -0.464 e. The summed E-state index contributed by atoms with van der Waals surface area (Å²) in [5.41, 5.74) is 5.98. The van der Waals surface area contributed by atoms with Crippen molar-refractivity contribution < 1.29 is 14.0 Å². The second-order valence-electron chi connectivity index (χ2n) is 5.88. The van der Waals surface area contributed by atoms with Crippen molar-refractivity contribution in [3.63, 3.8) is 0 Å². The standard InChI is InChI=1S/C19H14N4O4S2/c20-18(26)21-14(24)10-29-19-22-16-15(12(9-28-16)13-7-4-8-27-13)17(25)23(19)11-5-2-1-3-6-11/h1-9H,10H2,(H3,20,21,24,26). The van der Waals surface area contributed by atoms with E-state index in [4.69, 9.17) is 10.2 Å². The average molecular weight is 426 g/mol. The van der Waals surface area contributed by atoms with Crippen LogP contribution in [-0.2, 0) is 4.79 Å². The Hall–Kier alpha value is -3.37. The van der Waals surface area contributed by atoms with Crippen molar-refractivity contribution in [1.82, 2.24) is 14.9 Å². The molecule has 0 bridgehead atoms. The highest BCUT2D eigenvalue weighted by Gasteiger charge is 2.20. The Morgan fingerprint density at radius 3 is 2.69 bits per heavy atom. The molecule has 0 aliphatic heterocycles. The zero-order valence-electron chi connectivity index (χ0n) is 14.8. The third-order valence-electron chi connectivity index (χ3n) is 3.97. The number of nitrogens with two attached hydrogens (primary N) is 1. The topological polar surface area (TPSA) is 120 Å². The zero-order chi connectivity index (χ0) is 20.4. The summed E-state index contributed by atoms with van der Waals surface area (Å²) in [6, 6.07) is 11.6. The van der Waals surface area contributed by atoms with E-state index in [1.807, 2.05) is 16.8 Å². The molecule has 10 heteroatoms. The van der Waals surface area contributed by atoms with Crippen LogP contribution < -0.4 is 16.6 Å². The highest BCUT2D eigenvalue weighted by Crippen LogP contribution is 2.33. The maximum Gasteiger partial charge on any atom is 0.318 e. The van der Waals surface area contributed by atoms with Gasteiger partial charge in [-0.05, 0) is 24.3 Å². The first-order valence-corrected chi connectivity index (χ1v) is 10.3. The lowest BCUT2D eigenvalue weighted by molar-refractivity contribution is -0.117. The van der Waals surface area contributed by atoms with Gasteiger partial charge < -0.3 is 10.2 Å². The lowest BCUT2D eigenvalue weighted by Crippen LogP contribution is -2.36. The fraction of sp³-hybridized carbons (Fsp3) is 0.0526. The van der Waals surface area contributed by atoms with Crippen molar-refractivity contribution in [2.45, 2.75) is 5.16 Å². The number of benzene rings is 1. The molecule has 146 valence electrons. The van der Waals surface area contributed by atoms with E-state index in [0.29, 0.717) is 32.4 Å². The Morgan fingerprint density at radius 2 is 2.00 bits per heavy atom. The Kier molecular flexibility index (Phi) is 5.19. The van der Waals surface area contributed by atoms with Crippen LogP contribution >= 0.6 is 23.1 Å². The number of fused-ring (bicyclic) bond motifs is 1. The van der Waals surface area contributed by atoms with E-state index in [0.717, 1.165) is 11.8 Å². The van der Waals surface area contributed by atoms with Crippen LogP contribution in [0.1, 0.15) is 0 Å². The van der Waals surface area contributed by atoms with E-state index in [1.54, 1.807) is 42.7 Å². The Bertz CT molecular complexity index is 1250. The predicted molar refractivity (Wildman–Crippen MR) is 111 cm³/mol. The summed E-state index contributed by atoms with van der Waals surface area (Å²) in [5.74, 6) is -0.112. The number of carbonyl (C=O) groups excluding carboxylic acids is 2. The smallest absolute Gasteiger partial charge is 0.318 e. The van der Waals surface area contributed by atoms with Crippen molar-refractivity contribution in [2.24, 2.45) is 5.73 Å². The van der Waals surface area contributed by atoms with Gasteiger partial charge >= 0.3 is 6.03 Å². The van der Waals surface area contributed by atoms with E-state index in [2.05, 4.69) is 4.98 Å². The summed E-state index contributed by atoms with van der Waals surface area (Å²) in [6.45, 7) is 0. The van der Waals surface area contributed by atoms with Crippen LogP contribution in [0.25, 0.3) is 27.2 Å². The number of nitrogens with one attached hydrogen (secondary N) is 1. The summed E-state index contributed by atoms with van der Waals surface area (Å²) in [5, 5.41) is 4.60. The van der Waals surface area contributed by atoms with Crippen molar-refractivity contribution in [2.75, 3.05) is 5.75 Å². The van der Waals surface area contributed by atoms with Crippen molar-refractivity contribution in [3.05, 3.63) is 64.5 Å². The molecule has 0 saturated carbocycles. The lowest BCUT2D eigenvalue weighted by Gasteiger charge is -2.12. The molecule has 0 unspecified atom stereocenters. The van der Waals surface area contributed by atoms with Gasteiger partial charge in [0.05, 0.1) is 23.1 Å². The number of para-hydroxylation sites is 1. The van der Waals surface area contributed by atoms with E-state index in [1.165, 1.54) is 15.9 Å². The van der Waals surface area contributed by atoms with Gasteiger partial charge in [-0.25, -0.2) is 9.78 Å². The molecule has 3 N–H and O–H groups in total. The number of carbonyl (C=O) groups is 2. The number of amides is 3. The van der Waals surface area contributed by atoms with Crippen LogP contribution in [0.15, 0.2) is 68.5 Å². The maximum absolute atomic E-state index is 13.4. The molecule has 29 heavy (non-hydrogen) atoms. The van der Waals surface area contributed by atoms with Crippen molar-refractivity contribution >= 4 is 45.3 Å². The van der Waals surface area contributed by atoms with Gasteiger partial charge in [-0.15, -0.1) is 11.3 Å². The molecule has 0 radical (unpaired) electrons. The normalized spacial score (nSPS) is 10.9. The molecule has 3 aromatic heterocycles. The monoisotopic (exact) mass is 426 g/mol. The number of hydrogen-bond acceptors (Lipinski definition) is 7. The second kappa shape index (κ2) is 7.94. The molecule has 0 aliphatic carbocycles. The molecule has 1 aromatic carbocycles. The van der Waals surface area contributed by atoms with Crippen molar-refractivity contribution in [3.8, 4) is 17.0 Å². The van der Waals surface area contributed by atoms with Crippen LogP contribution in [0.3, 0.4) is 0 Å². The number of thiophene rings is 1. The van der Waals surface area contributed by atoms with Gasteiger partial charge in [0.15, 0.2) is 5.16 Å². The Morgan fingerprint density at radius 1 is 1.21 bits per heavy atom. The van der Waals surface area contributed by atoms with Gasteiger partial charge in [0.2, 0.25) is 5.91 Å². The highest BCUT2D eigenvalue weighted by molar-refractivity contribution is 7.99. The van der Waals surface area contributed by atoms with E-state index >= 15 is 0 Å². The van der Waals surface area contributed by atoms with Gasteiger partial charge in [0.1, 0.15) is 10.6 Å². The minimum atomic E-state index is -0.930. The van der Waals surface area contributed by atoms with Crippen LogP contribution in [0, 0.1) is 0 Å². The molecule has 0 saturated heterocycles. The number of primary amides is 1. The number of nitrogens with zero attached hydrogens (tertiary/aromatic N) is 2. The molecule has 3 amide bonds. The highest BCUT2D eigenvalue weighted by atomic mass is 32.2. The molecule has 0 atom stereocenters. The Balaban J connectivity index is 1.85. The number of urea groups is 1. The third-order valence-corrected chi connectivity index (χ3v) is 5.78. The summed E-state index contributed by atoms with van der Waals surface area (Å²) in [7, 11) is 0. The van der Waals surface area contributed by atoms with Crippen molar-refractivity contribution in [1.29, 1.82) is 0 Å². The molecule has 8 nitrogen and oxygen atoms in total.